The summed E-state index contributed by atoms with van der Waals surface area (Å²) in [5, 5.41) is 12.5. The predicted octanol–water partition coefficient (Wildman–Crippen LogP) is 1.39. The van der Waals surface area contributed by atoms with Gasteiger partial charge in [-0.1, -0.05) is 18.2 Å². The van der Waals surface area contributed by atoms with Gasteiger partial charge in [-0.05, 0) is 34.0 Å². The van der Waals surface area contributed by atoms with Gasteiger partial charge >= 0.3 is 0 Å². The van der Waals surface area contributed by atoms with Crippen LogP contribution in [0.25, 0.3) is 0 Å². The van der Waals surface area contributed by atoms with Gasteiger partial charge in [-0.15, -0.1) is 0 Å². The van der Waals surface area contributed by atoms with Crippen molar-refractivity contribution in [3.05, 3.63) is 29.8 Å². The number of amides is 1. The Morgan fingerprint density at radius 3 is 2.50 bits per heavy atom. The Balaban J connectivity index is 2.51. The highest BCUT2D eigenvalue weighted by atomic mass is 16.3. The van der Waals surface area contributed by atoms with Gasteiger partial charge in [0.1, 0.15) is 5.75 Å². The fourth-order valence-electron chi connectivity index (χ4n) is 1.37. The molecular weight excluding hydrogens is 228 g/mol. The van der Waals surface area contributed by atoms with E-state index in [1.807, 2.05) is 20.2 Å². The molecule has 0 radical (unpaired) electrons. The molecule has 0 aliphatic carbocycles. The third kappa shape index (κ3) is 4.04. The summed E-state index contributed by atoms with van der Waals surface area (Å²) in [6.07, 6.45) is 0.205. The zero-order valence-corrected chi connectivity index (χ0v) is 11.5. The second kappa shape index (κ2) is 5.87. The minimum Gasteiger partial charge on any atom is -0.508 e. The minimum atomic E-state index is -0.0889. The van der Waals surface area contributed by atoms with Crippen LogP contribution in [0.3, 0.4) is 0 Å². The average molecular weight is 250 g/mol. The fraction of sp³-hybridized carbons (Fsp3) is 0.500. The van der Waals surface area contributed by atoms with E-state index in [2.05, 4.69) is 24.1 Å². The van der Waals surface area contributed by atoms with Gasteiger partial charge in [0.25, 0.3) is 0 Å². The van der Waals surface area contributed by atoms with Crippen LogP contribution >= 0.6 is 0 Å². The molecule has 0 saturated carbocycles. The summed E-state index contributed by atoms with van der Waals surface area (Å²) in [7, 11) is 3.96. The predicted molar refractivity (Wildman–Crippen MR) is 72.6 cm³/mol. The fourth-order valence-corrected chi connectivity index (χ4v) is 1.37. The van der Waals surface area contributed by atoms with Crippen LogP contribution in [0.5, 0.6) is 5.75 Å². The molecular formula is C14H22N2O2. The maximum atomic E-state index is 11.8. The molecule has 4 nitrogen and oxygen atoms in total. The number of carbonyl (C=O) groups is 1. The summed E-state index contributed by atoms with van der Waals surface area (Å²) in [4.78, 5) is 13.9. The van der Waals surface area contributed by atoms with Crippen LogP contribution in [0.2, 0.25) is 0 Å². The average Bonchev–Trinajstić information content (AvgIpc) is 2.29. The van der Waals surface area contributed by atoms with Crippen LogP contribution in [0, 0.1) is 0 Å². The third-order valence-corrected chi connectivity index (χ3v) is 3.27. The molecule has 0 fully saturated rings. The molecule has 1 aromatic carbocycles. The van der Waals surface area contributed by atoms with Crippen molar-refractivity contribution in [2.45, 2.75) is 25.8 Å². The van der Waals surface area contributed by atoms with Gasteiger partial charge in [0, 0.05) is 17.6 Å². The Morgan fingerprint density at radius 2 is 1.94 bits per heavy atom. The van der Waals surface area contributed by atoms with Crippen molar-refractivity contribution in [2.24, 2.45) is 0 Å². The number of hydrogen-bond acceptors (Lipinski definition) is 3. The number of nitrogens with one attached hydrogen (secondary N) is 1. The zero-order valence-electron chi connectivity index (χ0n) is 11.5. The highest BCUT2D eigenvalue weighted by Crippen LogP contribution is 2.16. The first-order valence-corrected chi connectivity index (χ1v) is 6.04. The number of para-hydroxylation sites is 1. The standard InChI is InChI=1S/C14H22N2O2/c1-14(2,16(3)4)10-15-13(18)9-11-7-5-6-8-12(11)17/h5-8,17H,9-10H2,1-4H3,(H,15,18). The van der Waals surface area contributed by atoms with Gasteiger partial charge in [-0.3, -0.25) is 4.79 Å². The molecule has 0 aliphatic heterocycles. The lowest BCUT2D eigenvalue weighted by molar-refractivity contribution is -0.120. The summed E-state index contributed by atoms with van der Waals surface area (Å²) >= 11 is 0. The first kappa shape index (κ1) is 14.5. The molecule has 0 unspecified atom stereocenters. The normalized spacial score (nSPS) is 11.6. The molecule has 0 saturated heterocycles. The number of carbonyl (C=O) groups excluding carboxylic acids is 1. The topological polar surface area (TPSA) is 52.6 Å². The Morgan fingerprint density at radius 1 is 1.33 bits per heavy atom. The number of phenols is 1. The molecule has 4 heteroatoms. The molecule has 1 amide bonds. The van der Waals surface area contributed by atoms with E-state index < -0.39 is 0 Å². The van der Waals surface area contributed by atoms with E-state index in [9.17, 15) is 9.90 Å². The number of rotatable bonds is 5. The molecule has 2 N–H and O–H groups in total. The van der Waals surface area contributed by atoms with Crippen LogP contribution in [0.1, 0.15) is 19.4 Å². The SMILES string of the molecule is CN(C)C(C)(C)CNC(=O)Cc1ccccc1O. The van der Waals surface area contributed by atoms with Gasteiger partial charge in [0.2, 0.25) is 5.91 Å². The Kier molecular flexibility index (Phi) is 4.73. The lowest BCUT2D eigenvalue weighted by atomic mass is 10.0. The molecule has 0 atom stereocenters. The van der Waals surface area contributed by atoms with Gasteiger partial charge in [-0.2, -0.15) is 0 Å². The van der Waals surface area contributed by atoms with E-state index in [-0.39, 0.29) is 23.6 Å². The summed E-state index contributed by atoms with van der Waals surface area (Å²) in [5.74, 6) is 0.0888. The molecule has 100 valence electrons. The van der Waals surface area contributed by atoms with Crippen LogP contribution in [-0.2, 0) is 11.2 Å². The maximum Gasteiger partial charge on any atom is 0.224 e. The van der Waals surface area contributed by atoms with E-state index >= 15 is 0 Å². The molecule has 0 aromatic heterocycles. The zero-order chi connectivity index (χ0) is 13.8. The van der Waals surface area contributed by atoms with Gasteiger partial charge in [0.15, 0.2) is 0 Å². The van der Waals surface area contributed by atoms with E-state index in [0.717, 1.165) is 0 Å². The van der Waals surface area contributed by atoms with E-state index in [1.54, 1.807) is 18.2 Å². The number of likely N-dealkylation sites (N-methyl/N-ethyl adjacent to an activating group) is 1. The number of phenolic OH excluding ortho intramolecular Hbond substituents is 1. The number of aromatic hydroxyl groups is 1. The van der Waals surface area contributed by atoms with Gasteiger partial charge < -0.3 is 15.3 Å². The van der Waals surface area contributed by atoms with Crippen molar-refractivity contribution >= 4 is 5.91 Å². The first-order valence-electron chi connectivity index (χ1n) is 6.04. The van der Waals surface area contributed by atoms with Crippen molar-refractivity contribution in [1.82, 2.24) is 10.2 Å². The molecule has 0 aliphatic rings. The molecule has 0 heterocycles. The van der Waals surface area contributed by atoms with Gasteiger partial charge in [0.05, 0.1) is 6.42 Å². The highest BCUT2D eigenvalue weighted by molar-refractivity contribution is 5.79. The Bertz CT molecular complexity index is 414. The lowest BCUT2D eigenvalue weighted by Crippen LogP contribution is -2.48. The number of benzene rings is 1. The lowest BCUT2D eigenvalue weighted by Gasteiger charge is -2.32. The first-order chi connectivity index (χ1) is 8.33. The van der Waals surface area contributed by atoms with E-state index in [4.69, 9.17) is 0 Å². The van der Waals surface area contributed by atoms with Crippen molar-refractivity contribution in [1.29, 1.82) is 0 Å². The number of nitrogens with zero attached hydrogens (tertiary/aromatic N) is 1. The smallest absolute Gasteiger partial charge is 0.224 e. The van der Waals surface area contributed by atoms with Gasteiger partial charge in [-0.25, -0.2) is 0 Å². The van der Waals surface area contributed by atoms with Crippen molar-refractivity contribution in [3.63, 3.8) is 0 Å². The third-order valence-electron chi connectivity index (χ3n) is 3.27. The summed E-state index contributed by atoms with van der Waals surface area (Å²) < 4.78 is 0. The quantitative estimate of drug-likeness (QED) is 0.830. The van der Waals surface area contributed by atoms with Crippen molar-refractivity contribution in [3.8, 4) is 5.75 Å². The van der Waals surface area contributed by atoms with Crippen LogP contribution in [-0.4, -0.2) is 42.1 Å². The monoisotopic (exact) mass is 250 g/mol. The molecule has 1 rings (SSSR count). The largest absolute Gasteiger partial charge is 0.508 e. The maximum absolute atomic E-state index is 11.8. The molecule has 1 aromatic rings. The second-order valence-corrected chi connectivity index (χ2v) is 5.29. The van der Waals surface area contributed by atoms with E-state index in [1.165, 1.54) is 0 Å². The molecule has 0 bridgehead atoms. The summed E-state index contributed by atoms with van der Waals surface area (Å²) in [5.41, 5.74) is 0.562. The summed E-state index contributed by atoms with van der Waals surface area (Å²) in [6.45, 7) is 4.70. The Labute approximate surface area is 109 Å². The van der Waals surface area contributed by atoms with Crippen molar-refractivity contribution in [2.75, 3.05) is 20.6 Å². The van der Waals surface area contributed by atoms with Crippen molar-refractivity contribution < 1.29 is 9.90 Å². The van der Waals surface area contributed by atoms with Crippen LogP contribution in [0.4, 0.5) is 0 Å². The highest BCUT2D eigenvalue weighted by Gasteiger charge is 2.21. The number of hydrogen-bond donors (Lipinski definition) is 2. The van der Waals surface area contributed by atoms with Crippen LogP contribution in [0.15, 0.2) is 24.3 Å². The minimum absolute atomic E-state index is 0.0774. The second-order valence-electron chi connectivity index (χ2n) is 5.29. The van der Waals surface area contributed by atoms with Crippen LogP contribution < -0.4 is 5.32 Å². The Hall–Kier alpha value is -1.55. The molecule has 0 spiro atoms. The summed E-state index contributed by atoms with van der Waals surface area (Å²) in [6, 6.07) is 6.90. The van der Waals surface area contributed by atoms with E-state index in [0.29, 0.717) is 12.1 Å². The molecule has 18 heavy (non-hydrogen) atoms.